The molecular formula is C15H16N2O4. The third-order valence-corrected chi connectivity index (χ3v) is 3.13. The number of hydrogen-bond acceptors (Lipinski definition) is 5. The van der Waals surface area contributed by atoms with Gasteiger partial charge in [0, 0.05) is 18.7 Å². The van der Waals surface area contributed by atoms with Gasteiger partial charge in [-0.1, -0.05) is 6.07 Å². The fourth-order valence-electron chi connectivity index (χ4n) is 1.94. The average molecular weight is 288 g/mol. The normalized spacial score (nSPS) is 10.2. The molecule has 0 aliphatic heterocycles. The van der Waals surface area contributed by atoms with Crippen molar-refractivity contribution in [1.82, 2.24) is 0 Å². The summed E-state index contributed by atoms with van der Waals surface area (Å²) in [5, 5.41) is 11.0. The molecule has 2 aromatic rings. The molecule has 0 aliphatic rings. The second-order valence-electron chi connectivity index (χ2n) is 4.49. The van der Waals surface area contributed by atoms with Gasteiger partial charge in [-0.3, -0.25) is 10.1 Å². The topological polar surface area (TPSA) is 87.6 Å². The maximum atomic E-state index is 11.0. The second kappa shape index (κ2) is 6.23. The van der Waals surface area contributed by atoms with E-state index < -0.39 is 4.92 Å². The van der Waals surface area contributed by atoms with Crippen LogP contribution >= 0.6 is 0 Å². The van der Waals surface area contributed by atoms with E-state index in [2.05, 4.69) is 0 Å². The largest absolute Gasteiger partial charge is 0.497 e. The molecule has 0 aliphatic carbocycles. The number of nitro benzene ring substituents is 1. The molecule has 2 N–H and O–H groups in total. The number of nitro groups is 1. The highest BCUT2D eigenvalue weighted by molar-refractivity contribution is 5.52. The third-order valence-electron chi connectivity index (χ3n) is 3.13. The predicted molar refractivity (Wildman–Crippen MR) is 78.8 cm³/mol. The SMILES string of the molecule is COc1ccc([N+](=O)[O-])c(Oc2ccc(CN)c(C)c2)c1. The average Bonchev–Trinajstić information content (AvgIpc) is 2.47. The Labute approximate surface area is 122 Å². The zero-order chi connectivity index (χ0) is 15.4. The minimum atomic E-state index is -0.490. The Balaban J connectivity index is 2.37. The lowest BCUT2D eigenvalue weighted by molar-refractivity contribution is -0.385. The molecule has 0 bridgehead atoms. The van der Waals surface area contributed by atoms with Crippen LogP contribution in [-0.2, 0) is 6.54 Å². The summed E-state index contributed by atoms with van der Waals surface area (Å²) in [4.78, 5) is 10.6. The van der Waals surface area contributed by atoms with Crippen LogP contribution in [0.4, 0.5) is 5.69 Å². The summed E-state index contributed by atoms with van der Waals surface area (Å²) in [6.07, 6.45) is 0. The molecule has 6 nitrogen and oxygen atoms in total. The van der Waals surface area contributed by atoms with Crippen molar-refractivity contribution in [3.8, 4) is 17.2 Å². The lowest BCUT2D eigenvalue weighted by Gasteiger charge is -2.10. The first-order valence-corrected chi connectivity index (χ1v) is 6.35. The van der Waals surface area contributed by atoms with E-state index in [1.165, 1.54) is 25.3 Å². The van der Waals surface area contributed by atoms with Crippen LogP contribution in [0.1, 0.15) is 11.1 Å². The molecule has 21 heavy (non-hydrogen) atoms. The zero-order valence-corrected chi connectivity index (χ0v) is 11.8. The van der Waals surface area contributed by atoms with Crippen molar-refractivity contribution < 1.29 is 14.4 Å². The van der Waals surface area contributed by atoms with Gasteiger partial charge in [-0.2, -0.15) is 0 Å². The lowest BCUT2D eigenvalue weighted by atomic mass is 10.1. The van der Waals surface area contributed by atoms with Crippen LogP contribution in [0.25, 0.3) is 0 Å². The second-order valence-corrected chi connectivity index (χ2v) is 4.49. The fourth-order valence-corrected chi connectivity index (χ4v) is 1.94. The van der Waals surface area contributed by atoms with Crippen LogP contribution in [0.15, 0.2) is 36.4 Å². The van der Waals surface area contributed by atoms with Gasteiger partial charge < -0.3 is 15.2 Å². The van der Waals surface area contributed by atoms with Gasteiger partial charge >= 0.3 is 5.69 Å². The number of benzene rings is 2. The quantitative estimate of drug-likeness (QED) is 0.674. The number of rotatable bonds is 5. The first-order chi connectivity index (χ1) is 10.0. The Bertz CT molecular complexity index is 671. The van der Waals surface area contributed by atoms with E-state index in [1.807, 2.05) is 13.0 Å². The molecule has 0 radical (unpaired) electrons. The maximum Gasteiger partial charge on any atom is 0.311 e. The van der Waals surface area contributed by atoms with E-state index in [4.69, 9.17) is 15.2 Å². The van der Waals surface area contributed by atoms with Crippen molar-refractivity contribution >= 4 is 5.69 Å². The van der Waals surface area contributed by atoms with Gasteiger partial charge in [0.05, 0.1) is 12.0 Å². The van der Waals surface area contributed by atoms with E-state index in [0.29, 0.717) is 18.0 Å². The van der Waals surface area contributed by atoms with Crippen molar-refractivity contribution in [2.24, 2.45) is 5.73 Å². The van der Waals surface area contributed by atoms with Gasteiger partial charge in [-0.25, -0.2) is 0 Å². The molecule has 0 heterocycles. The summed E-state index contributed by atoms with van der Waals surface area (Å²) in [7, 11) is 1.49. The summed E-state index contributed by atoms with van der Waals surface area (Å²) in [6, 6.07) is 9.74. The number of hydrogen-bond donors (Lipinski definition) is 1. The van der Waals surface area contributed by atoms with Crippen LogP contribution in [-0.4, -0.2) is 12.0 Å². The molecule has 0 saturated carbocycles. The highest BCUT2D eigenvalue weighted by Crippen LogP contribution is 2.35. The Morgan fingerprint density at radius 1 is 1.19 bits per heavy atom. The molecule has 0 amide bonds. The summed E-state index contributed by atoms with van der Waals surface area (Å²) in [5.41, 5.74) is 7.47. The smallest absolute Gasteiger partial charge is 0.311 e. The third kappa shape index (κ3) is 3.29. The van der Waals surface area contributed by atoms with Crippen molar-refractivity contribution in [3.05, 3.63) is 57.6 Å². The fraction of sp³-hybridized carbons (Fsp3) is 0.200. The summed E-state index contributed by atoms with van der Waals surface area (Å²) >= 11 is 0. The van der Waals surface area contributed by atoms with Crippen LogP contribution in [0.2, 0.25) is 0 Å². The standard InChI is InChI=1S/C15H16N2O4/c1-10-7-13(4-3-11(10)9-16)21-15-8-12(20-2)5-6-14(15)17(18)19/h3-8H,9,16H2,1-2H3. The van der Waals surface area contributed by atoms with Gasteiger partial charge in [0.1, 0.15) is 11.5 Å². The molecule has 110 valence electrons. The van der Waals surface area contributed by atoms with Gasteiger partial charge in [-0.15, -0.1) is 0 Å². The van der Waals surface area contributed by atoms with Crippen molar-refractivity contribution in [3.63, 3.8) is 0 Å². The molecule has 0 saturated heterocycles. The molecule has 0 unspecified atom stereocenters. The zero-order valence-electron chi connectivity index (χ0n) is 11.8. The van der Waals surface area contributed by atoms with Gasteiger partial charge in [0.25, 0.3) is 0 Å². The minimum absolute atomic E-state index is 0.114. The van der Waals surface area contributed by atoms with Gasteiger partial charge in [-0.05, 0) is 36.2 Å². The lowest BCUT2D eigenvalue weighted by Crippen LogP contribution is -1.99. The number of aryl methyl sites for hydroxylation is 1. The molecule has 6 heteroatoms. The highest BCUT2D eigenvalue weighted by atomic mass is 16.6. The van der Waals surface area contributed by atoms with Crippen LogP contribution in [0, 0.1) is 17.0 Å². The van der Waals surface area contributed by atoms with E-state index in [1.54, 1.807) is 12.1 Å². The molecule has 2 rings (SSSR count). The summed E-state index contributed by atoms with van der Waals surface area (Å²) < 4.78 is 10.7. The summed E-state index contributed by atoms with van der Waals surface area (Å²) in [6.45, 7) is 2.35. The monoisotopic (exact) mass is 288 g/mol. The molecule has 0 spiro atoms. The molecule has 0 atom stereocenters. The Hall–Kier alpha value is -2.60. The number of nitrogens with zero attached hydrogens (tertiary/aromatic N) is 1. The van der Waals surface area contributed by atoms with Gasteiger partial charge in [0.2, 0.25) is 5.75 Å². The predicted octanol–water partition coefficient (Wildman–Crippen LogP) is 3.16. The van der Waals surface area contributed by atoms with Gasteiger partial charge in [0.15, 0.2) is 0 Å². The molecule has 0 fully saturated rings. The van der Waals surface area contributed by atoms with Crippen LogP contribution in [0.3, 0.4) is 0 Å². The minimum Gasteiger partial charge on any atom is -0.497 e. The maximum absolute atomic E-state index is 11.0. The van der Waals surface area contributed by atoms with E-state index in [-0.39, 0.29) is 11.4 Å². The molecule has 0 aromatic heterocycles. The number of ether oxygens (including phenoxy) is 2. The number of methoxy groups -OCH3 is 1. The Morgan fingerprint density at radius 2 is 1.90 bits per heavy atom. The van der Waals surface area contributed by atoms with Crippen molar-refractivity contribution in [2.75, 3.05) is 7.11 Å². The van der Waals surface area contributed by atoms with E-state index in [0.717, 1.165) is 11.1 Å². The molecular weight excluding hydrogens is 272 g/mol. The first-order valence-electron chi connectivity index (χ1n) is 6.35. The molecule has 2 aromatic carbocycles. The van der Waals surface area contributed by atoms with Crippen molar-refractivity contribution in [1.29, 1.82) is 0 Å². The van der Waals surface area contributed by atoms with Crippen molar-refractivity contribution in [2.45, 2.75) is 13.5 Å². The van der Waals surface area contributed by atoms with E-state index >= 15 is 0 Å². The van der Waals surface area contributed by atoms with Crippen LogP contribution < -0.4 is 15.2 Å². The highest BCUT2D eigenvalue weighted by Gasteiger charge is 2.17. The van der Waals surface area contributed by atoms with Crippen LogP contribution in [0.5, 0.6) is 17.2 Å². The Morgan fingerprint density at radius 3 is 2.48 bits per heavy atom. The Kier molecular flexibility index (Phi) is 4.39. The van der Waals surface area contributed by atoms with E-state index in [9.17, 15) is 10.1 Å². The number of nitrogens with two attached hydrogens (primary N) is 1. The summed E-state index contributed by atoms with van der Waals surface area (Å²) in [5.74, 6) is 1.14. The first kappa shape index (κ1) is 14.8.